The molecule has 2 heterocycles. The second kappa shape index (κ2) is 2.62. The molecule has 0 aromatic rings. The predicted octanol–water partition coefficient (Wildman–Crippen LogP) is -0.377. The summed E-state index contributed by atoms with van der Waals surface area (Å²) in [5.41, 5.74) is 6.25. The normalized spacial score (nSPS) is 31.2. The highest BCUT2D eigenvalue weighted by Gasteiger charge is 2.32. The van der Waals surface area contributed by atoms with E-state index < -0.39 is 0 Å². The minimum Gasteiger partial charge on any atom is -0.386 e. The molecule has 2 aliphatic rings. The van der Waals surface area contributed by atoms with Gasteiger partial charge in [-0.3, -0.25) is 9.79 Å². The molecule has 0 bridgehead atoms. The van der Waals surface area contributed by atoms with Gasteiger partial charge in [-0.2, -0.15) is 0 Å². The smallest absolute Gasteiger partial charge is 0.217 e. The van der Waals surface area contributed by atoms with Crippen LogP contribution in [0.1, 0.15) is 6.42 Å². The van der Waals surface area contributed by atoms with Crippen LogP contribution in [0.5, 0.6) is 0 Å². The van der Waals surface area contributed by atoms with Crippen molar-refractivity contribution in [2.45, 2.75) is 6.42 Å². The number of amides is 1. The summed E-state index contributed by atoms with van der Waals surface area (Å²) in [4.78, 5) is 14.7. The molecule has 0 aromatic heterocycles. The lowest BCUT2D eigenvalue weighted by Gasteiger charge is -2.09. The van der Waals surface area contributed by atoms with Crippen molar-refractivity contribution in [3.63, 3.8) is 0 Å². The lowest BCUT2D eigenvalue weighted by Crippen LogP contribution is -2.21. The zero-order valence-electron chi connectivity index (χ0n) is 6.66. The van der Waals surface area contributed by atoms with Crippen molar-refractivity contribution in [2.75, 3.05) is 6.54 Å². The van der Waals surface area contributed by atoms with Crippen molar-refractivity contribution in [2.24, 2.45) is 22.6 Å². The molecule has 0 saturated carbocycles. The van der Waals surface area contributed by atoms with Gasteiger partial charge in [0.05, 0.1) is 0 Å². The summed E-state index contributed by atoms with van der Waals surface area (Å²) in [6.07, 6.45) is 4.13. The number of nitrogens with one attached hydrogen (secondary N) is 1. The Hall–Kier alpha value is -1.32. The van der Waals surface area contributed by atoms with E-state index in [1.54, 1.807) is 0 Å². The Bertz CT molecular complexity index is 269. The molecule has 12 heavy (non-hydrogen) atoms. The number of allylic oxidation sites excluding steroid dienone is 1. The van der Waals surface area contributed by atoms with E-state index in [1.165, 1.54) is 0 Å². The number of primary amides is 1. The van der Waals surface area contributed by atoms with Crippen molar-refractivity contribution >= 4 is 12.1 Å². The van der Waals surface area contributed by atoms with Crippen LogP contribution in [-0.2, 0) is 4.79 Å². The van der Waals surface area contributed by atoms with Gasteiger partial charge in [-0.15, -0.1) is 0 Å². The number of rotatable bonds is 2. The maximum atomic E-state index is 10.7. The van der Waals surface area contributed by atoms with Gasteiger partial charge < -0.3 is 11.1 Å². The lowest BCUT2D eigenvalue weighted by molar-refractivity contribution is -0.118. The first-order valence-electron chi connectivity index (χ1n) is 4.03. The third-order valence-electron chi connectivity index (χ3n) is 2.36. The molecule has 3 N–H and O–H groups in total. The molecule has 2 unspecified atom stereocenters. The summed E-state index contributed by atoms with van der Waals surface area (Å²) >= 11 is 0. The standard InChI is InChI=1S/C8H11N3O/c9-8(12)1-5-2-11-7-4-10-3-6(5)7/h3-6,11H,1-2H2,(H2,9,12). The van der Waals surface area contributed by atoms with E-state index in [2.05, 4.69) is 10.3 Å². The van der Waals surface area contributed by atoms with E-state index in [1.807, 2.05) is 12.4 Å². The molecule has 2 atom stereocenters. The second-order valence-corrected chi connectivity index (χ2v) is 3.22. The highest BCUT2D eigenvalue weighted by Crippen LogP contribution is 2.29. The van der Waals surface area contributed by atoms with Gasteiger partial charge in [0.1, 0.15) is 0 Å². The molecule has 2 rings (SSSR count). The minimum atomic E-state index is -0.233. The first-order chi connectivity index (χ1) is 5.77. The average molecular weight is 165 g/mol. The van der Waals surface area contributed by atoms with E-state index in [-0.39, 0.29) is 5.91 Å². The Kier molecular flexibility index (Phi) is 1.60. The first kappa shape index (κ1) is 7.34. The molecule has 1 amide bonds. The summed E-state index contributed by atoms with van der Waals surface area (Å²) in [7, 11) is 0. The summed E-state index contributed by atoms with van der Waals surface area (Å²) in [5, 5.41) is 3.20. The zero-order valence-corrected chi connectivity index (χ0v) is 6.66. The number of carbonyl (C=O) groups excluding carboxylic acids is 1. The highest BCUT2D eigenvalue weighted by molar-refractivity contribution is 5.76. The van der Waals surface area contributed by atoms with E-state index in [4.69, 9.17) is 5.73 Å². The fourth-order valence-corrected chi connectivity index (χ4v) is 1.76. The summed E-state index contributed by atoms with van der Waals surface area (Å²) in [5.74, 6) is 0.376. The molecule has 0 radical (unpaired) electrons. The molecule has 4 heteroatoms. The number of hydrogen-bond donors (Lipinski definition) is 2. The zero-order chi connectivity index (χ0) is 8.55. The summed E-state index contributed by atoms with van der Waals surface area (Å²) < 4.78 is 0. The van der Waals surface area contributed by atoms with Gasteiger partial charge in [0.15, 0.2) is 0 Å². The quantitative estimate of drug-likeness (QED) is 0.586. The van der Waals surface area contributed by atoms with E-state index in [0.29, 0.717) is 18.3 Å². The van der Waals surface area contributed by atoms with Crippen LogP contribution in [0.15, 0.2) is 16.9 Å². The molecule has 1 saturated heterocycles. The third kappa shape index (κ3) is 1.09. The van der Waals surface area contributed by atoms with Crippen molar-refractivity contribution in [1.82, 2.24) is 5.32 Å². The van der Waals surface area contributed by atoms with Crippen molar-refractivity contribution in [3.8, 4) is 0 Å². The van der Waals surface area contributed by atoms with Gasteiger partial charge in [0, 0.05) is 37.0 Å². The third-order valence-corrected chi connectivity index (χ3v) is 2.36. The fraction of sp³-hybridized carbons (Fsp3) is 0.500. The van der Waals surface area contributed by atoms with Crippen molar-refractivity contribution < 1.29 is 4.79 Å². The Balaban J connectivity index is 2.05. The molecule has 64 valence electrons. The van der Waals surface area contributed by atoms with Crippen LogP contribution >= 0.6 is 0 Å². The topological polar surface area (TPSA) is 67.5 Å². The summed E-state index contributed by atoms with van der Waals surface area (Å²) in [6.45, 7) is 0.839. The van der Waals surface area contributed by atoms with Gasteiger partial charge in [0.2, 0.25) is 5.91 Å². The first-order valence-corrected chi connectivity index (χ1v) is 4.03. The lowest BCUT2D eigenvalue weighted by atomic mass is 9.93. The van der Waals surface area contributed by atoms with Gasteiger partial charge in [-0.1, -0.05) is 0 Å². The van der Waals surface area contributed by atoms with Crippen LogP contribution < -0.4 is 11.1 Å². The van der Waals surface area contributed by atoms with Gasteiger partial charge in [-0.05, 0) is 5.92 Å². The molecule has 2 aliphatic heterocycles. The average Bonchev–Trinajstić information content (AvgIpc) is 2.52. The number of nitrogens with two attached hydrogens (primary N) is 1. The van der Waals surface area contributed by atoms with E-state index in [9.17, 15) is 4.79 Å². The SMILES string of the molecule is NC(=O)CC1CNC2=CN=CC21. The highest BCUT2D eigenvalue weighted by atomic mass is 16.1. The number of aliphatic imine (C=N–C) groups is 1. The van der Waals surface area contributed by atoms with Crippen molar-refractivity contribution in [3.05, 3.63) is 11.9 Å². The molecule has 0 aromatic carbocycles. The molecule has 0 aliphatic carbocycles. The molecule has 0 spiro atoms. The Morgan fingerprint density at radius 1 is 1.83 bits per heavy atom. The van der Waals surface area contributed by atoms with Crippen LogP contribution in [0.3, 0.4) is 0 Å². The van der Waals surface area contributed by atoms with Crippen molar-refractivity contribution in [1.29, 1.82) is 0 Å². The molecular formula is C8H11N3O. The Labute approximate surface area is 70.5 Å². The van der Waals surface area contributed by atoms with Crippen LogP contribution in [0.4, 0.5) is 0 Å². The molecule has 4 nitrogen and oxygen atoms in total. The van der Waals surface area contributed by atoms with Gasteiger partial charge in [-0.25, -0.2) is 0 Å². The molecular weight excluding hydrogens is 154 g/mol. The molecule has 1 fully saturated rings. The number of nitrogens with zero attached hydrogens (tertiary/aromatic N) is 1. The maximum absolute atomic E-state index is 10.7. The largest absolute Gasteiger partial charge is 0.386 e. The monoisotopic (exact) mass is 165 g/mol. The number of hydrogen-bond acceptors (Lipinski definition) is 3. The number of fused-ring (bicyclic) bond motifs is 1. The summed E-state index contributed by atoms with van der Waals surface area (Å²) in [6, 6.07) is 0. The van der Waals surface area contributed by atoms with Crippen LogP contribution in [-0.4, -0.2) is 18.7 Å². The van der Waals surface area contributed by atoms with Gasteiger partial charge >= 0.3 is 0 Å². The van der Waals surface area contributed by atoms with Crippen LogP contribution in [0.2, 0.25) is 0 Å². The Morgan fingerprint density at radius 3 is 3.42 bits per heavy atom. The second-order valence-electron chi connectivity index (χ2n) is 3.22. The van der Waals surface area contributed by atoms with Crippen LogP contribution in [0, 0.1) is 11.8 Å². The van der Waals surface area contributed by atoms with Crippen LogP contribution in [0.25, 0.3) is 0 Å². The fourth-order valence-electron chi connectivity index (χ4n) is 1.76. The van der Waals surface area contributed by atoms with E-state index >= 15 is 0 Å². The predicted molar refractivity (Wildman–Crippen MR) is 45.4 cm³/mol. The number of carbonyl (C=O) groups is 1. The minimum absolute atomic E-state index is 0.233. The maximum Gasteiger partial charge on any atom is 0.217 e. The van der Waals surface area contributed by atoms with Gasteiger partial charge in [0.25, 0.3) is 0 Å². The Morgan fingerprint density at radius 2 is 2.67 bits per heavy atom. The van der Waals surface area contributed by atoms with E-state index in [0.717, 1.165) is 12.2 Å².